The minimum Gasteiger partial charge on any atom is -0.350 e. The minimum absolute atomic E-state index is 0.109. The number of piperazine rings is 1. The van der Waals surface area contributed by atoms with Gasteiger partial charge >= 0.3 is 0 Å². The third-order valence-corrected chi connectivity index (χ3v) is 5.66. The van der Waals surface area contributed by atoms with E-state index >= 15 is 0 Å². The smallest absolute Gasteiger partial charge is 0.168 e. The molecule has 1 aromatic carbocycles. The molecule has 1 saturated carbocycles. The zero-order valence-corrected chi connectivity index (χ0v) is 14.6. The number of halogens is 3. The van der Waals surface area contributed by atoms with Crippen LogP contribution in [0.3, 0.4) is 0 Å². The van der Waals surface area contributed by atoms with Crippen molar-refractivity contribution >= 4 is 34.1 Å². The topological polar surface area (TPSA) is 48.1 Å². The van der Waals surface area contributed by atoms with Crippen LogP contribution >= 0.6 is 11.6 Å². The van der Waals surface area contributed by atoms with Crippen LogP contribution in [0.1, 0.15) is 12.8 Å². The van der Waals surface area contributed by atoms with Gasteiger partial charge in [-0.3, -0.25) is 5.10 Å². The lowest BCUT2D eigenvalue weighted by Crippen LogP contribution is -2.56. The summed E-state index contributed by atoms with van der Waals surface area (Å²) in [5.74, 6) is -0.233. The zero-order chi connectivity index (χ0) is 17.9. The fourth-order valence-electron chi connectivity index (χ4n) is 3.91. The Bertz CT molecular complexity index is 1000. The summed E-state index contributed by atoms with van der Waals surface area (Å²) in [4.78, 5) is 8.13. The Morgan fingerprint density at radius 2 is 2.00 bits per heavy atom. The molecule has 2 aromatic heterocycles. The lowest BCUT2D eigenvalue weighted by atomic mass is 10.1. The highest BCUT2D eigenvalue weighted by molar-refractivity contribution is 6.36. The average Bonchev–Trinajstić information content (AvgIpc) is 3.23. The lowest BCUT2D eigenvalue weighted by molar-refractivity contribution is 0.490. The van der Waals surface area contributed by atoms with Crippen LogP contribution < -0.4 is 9.80 Å². The standard InChI is InChI=1S/C18H16ClF2N5/c19-12-2-1-3-14-15(12)17(24-23-14)26-7-6-25(10-18(26)4-5-18)16-13(21)8-11(20)9-22-16/h1-3,8-9H,4-7,10H2,(H,23,24). The molecular formula is C18H16ClF2N5. The SMILES string of the molecule is Fc1cnc(N2CCN(c3n[nH]c4cccc(Cl)c34)C3(CC3)C2)c(F)c1. The van der Waals surface area contributed by atoms with E-state index in [0.717, 1.165) is 41.8 Å². The van der Waals surface area contributed by atoms with Gasteiger partial charge in [-0.15, -0.1) is 0 Å². The van der Waals surface area contributed by atoms with Gasteiger partial charge in [0.1, 0.15) is 5.82 Å². The first-order valence-electron chi connectivity index (χ1n) is 8.54. The molecule has 0 unspecified atom stereocenters. The largest absolute Gasteiger partial charge is 0.350 e. The summed E-state index contributed by atoms with van der Waals surface area (Å²) in [6.07, 6.45) is 3.04. The van der Waals surface area contributed by atoms with Crippen LogP contribution in [0.4, 0.5) is 20.4 Å². The van der Waals surface area contributed by atoms with E-state index < -0.39 is 11.6 Å². The molecule has 5 nitrogen and oxygen atoms in total. The Balaban J connectivity index is 1.49. The Morgan fingerprint density at radius 1 is 1.15 bits per heavy atom. The van der Waals surface area contributed by atoms with Crippen LogP contribution in [0, 0.1) is 11.6 Å². The fraction of sp³-hybridized carbons (Fsp3) is 0.333. The molecule has 1 spiro atoms. The molecule has 1 aliphatic carbocycles. The first kappa shape index (κ1) is 15.8. The molecule has 3 aromatic rings. The Hall–Kier alpha value is -2.41. The maximum Gasteiger partial charge on any atom is 0.168 e. The molecule has 0 bridgehead atoms. The molecule has 134 valence electrons. The van der Waals surface area contributed by atoms with Gasteiger partial charge in [-0.25, -0.2) is 13.8 Å². The molecule has 3 heterocycles. The predicted octanol–water partition coefficient (Wildman–Crippen LogP) is 3.75. The summed E-state index contributed by atoms with van der Waals surface area (Å²) < 4.78 is 27.3. The summed E-state index contributed by atoms with van der Waals surface area (Å²) in [5, 5.41) is 9.13. The van der Waals surface area contributed by atoms with Gasteiger partial charge in [0.05, 0.1) is 27.7 Å². The van der Waals surface area contributed by atoms with Gasteiger partial charge in [-0.2, -0.15) is 5.10 Å². The van der Waals surface area contributed by atoms with Crippen molar-refractivity contribution in [1.82, 2.24) is 15.2 Å². The second-order valence-corrected chi connectivity index (χ2v) is 7.37. The van der Waals surface area contributed by atoms with Crippen LogP contribution in [0.25, 0.3) is 10.9 Å². The number of aromatic nitrogens is 3. The molecular weight excluding hydrogens is 360 g/mol. The van der Waals surface area contributed by atoms with Crippen molar-refractivity contribution in [2.75, 3.05) is 29.4 Å². The third kappa shape index (κ3) is 2.34. The van der Waals surface area contributed by atoms with Gasteiger partial charge in [-0.05, 0) is 25.0 Å². The van der Waals surface area contributed by atoms with Gasteiger partial charge < -0.3 is 9.80 Å². The minimum atomic E-state index is -0.663. The number of pyridine rings is 1. The predicted molar refractivity (Wildman–Crippen MR) is 96.8 cm³/mol. The molecule has 5 rings (SSSR count). The number of aromatic amines is 1. The van der Waals surface area contributed by atoms with Crippen molar-refractivity contribution in [3.05, 3.63) is 47.1 Å². The maximum absolute atomic E-state index is 14.1. The highest BCUT2D eigenvalue weighted by Gasteiger charge is 2.53. The first-order valence-corrected chi connectivity index (χ1v) is 8.91. The van der Waals surface area contributed by atoms with Crippen LogP contribution in [0.15, 0.2) is 30.5 Å². The number of benzene rings is 1. The van der Waals surface area contributed by atoms with Gasteiger partial charge in [0.2, 0.25) is 0 Å². The number of H-pyrrole nitrogens is 1. The number of anilines is 2. The van der Waals surface area contributed by atoms with Crippen molar-refractivity contribution in [2.45, 2.75) is 18.4 Å². The Morgan fingerprint density at radius 3 is 2.77 bits per heavy atom. The van der Waals surface area contributed by atoms with Crippen LogP contribution in [-0.4, -0.2) is 40.4 Å². The summed E-state index contributed by atoms with van der Waals surface area (Å²) in [6, 6.07) is 6.58. The summed E-state index contributed by atoms with van der Waals surface area (Å²) in [6.45, 7) is 1.88. The van der Waals surface area contributed by atoms with Gasteiger partial charge in [0.15, 0.2) is 17.5 Å². The van der Waals surface area contributed by atoms with E-state index in [-0.39, 0.29) is 11.4 Å². The van der Waals surface area contributed by atoms with Crippen LogP contribution in [-0.2, 0) is 0 Å². The summed E-state index contributed by atoms with van der Waals surface area (Å²) in [7, 11) is 0. The number of fused-ring (bicyclic) bond motifs is 1. The maximum atomic E-state index is 14.1. The third-order valence-electron chi connectivity index (χ3n) is 5.34. The quantitative estimate of drug-likeness (QED) is 0.741. The van der Waals surface area contributed by atoms with E-state index in [1.165, 1.54) is 0 Å². The second kappa shape index (κ2) is 5.54. The Labute approximate surface area is 153 Å². The summed E-state index contributed by atoms with van der Waals surface area (Å²) in [5.41, 5.74) is 0.791. The van der Waals surface area contributed by atoms with E-state index in [0.29, 0.717) is 24.7 Å². The highest BCUT2D eigenvalue weighted by atomic mass is 35.5. The normalized spacial score (nSPS) is 18.7. The van der Waals surface area contributed by atoms with E-state index in [1.54, 1.807) is 0 Å². The molecule has 0 amide bonds. The van der Waals surface area contributed by atoms with Gasteiger partial charge in [-0.1, -0.05) is 17.7 Å². The number of hydrogen-bond acceptors (Lipinski definition) is 4. The molecule has 0 atom stereocenters. The average molecular weight is 376 g/mol. The molecule has 0 radical (unpaired) electrons. The van der Waals surface area contributed by atoms with Crippen LogP contribution in [0.2, 0.25) is 5.02 Å². The molecule has 1 saturated heterocycles. The molecule has 1 aliphatic heterocycles. The zero-order valence-electron chi connectivity index (χ0n) is 13.8. The van der Waals surface area contributed by atoms with E-state index in [2.05, 4.69) is 20.1 Å². The molecule has 1 N–H and O–H groups in total. The number of rotatable bonds is 2. The van der Waals surface area contributed by atoms with E-state index in [1.807, 2.05) is 23.1 Å². The fourth-order valence-corrected chi connectivity index (χ4v) is 4.17. The first-order chi connectivity index (χ1) is 12.6. The molecule has 2 fully saturated rings. The van der Waals surface area contributed by atoms with E-state index in [4.69, 9.17) is 11.6 Å². The van der Waals surface area contributed by atoms with Crippen molar-refractivity contribution in [3.8, 4) is 0 Å². The Kier molecular flexibility index (Phi) is 3.37. The summed E-state index contributed by atoms with van der Waals surface area (Å²) >= 11 is 6.40. The van der Waals surface area contributed by atoms with Crippen molar-refractivity contribution in [2.24, 2.45) is 0 Å². The van der Waals surface area contributed by atoms with Crippen molar-refractivity contribution in [3.63, 3.8) is 0 Å². The van der Waals surface area contributed by atoms with E-state index in [9.17, 15) is 8.78 Å². The molecule has 8 heteroatoms. The lowest BCUT2D eigenvalue weighted by Gasteiger charge is -2.43. The monoisotopic (exact) mass is 375 g/mol. The number of hydrogen-bond donors (Lipinski definition) is 1. The van der Waals surface area contributed by atoms with Gasteiger partial charge in [0.25, 0.3) is 0 Å². The van der Waals surface area contributed by atoms with Gasteiger partial charge in [0, 0.05) is 25.7 Å². The number of nitrogens with one attached hydrogen (secondary N) is 1. The van der Waals surface area contributed by atoms with Crippen LogP contribution in [0.5, 0.6) is 0 Å². The molecule has 2 aliphatic rings. The second-order valence-electron chi connectivity index (χ2n) is 6.97. The van der Waals surface area contributed by atoms with Crippen molar-refractivity contribution in [1.29, 1.82) is 0 Å². The molecule has 26 heavy (non-hydrogen) atoms. The highest BCUT2D eigenvalue weighted by Crippen LogP contribution is 2.48. The van der Waals surface area contributed by atoms with Crippen molar-refractivity contribution < 1.29 is 8.78 Å². The number of nitrogens with zero attached hydrogens (tertiary/aromatic N) is 4.